The quantitative estimate of drug-likeness (QED) is 0.834. The summed E-state index contributed by atoms with van der Waals surface area (Å²) < 4.78 is 5.39. The second-order valence-electron chi connectivity index (χ2n) is 6.96. The van der Waals surface area contributed by atoms with Gasteiger partial charge < -0.3 is 15.8 Å². The smallest absolute Gasteiger partial charge is 0.244 e. The molecule has 1 aliphatic rings. The first-order chi connectivity index (χ1) is 12.6. The highest BCUT2D eigenvalue weighted by atomic mass is 16.5. The molecule has 1 heterocycles. The summed E-state index contributed by atoms with van der Waals surface area (Å²) >= 11 is 0. The maximum Gasteiger partial charge on any atom is 0.244 e. The van der Waals surface area contributed by atoms with E-state index in [1.165, 1.54) is 5.56 Å². The fourth-order valence-electron chi connectivity index (χ4n) is 3.14. The fourth-order valence-corrected chi connectivity index (χ4v) is 3.14. The predicted molar refractivity (Wildman–Crippen MR) is 102 cm³/mol. The molecule has 26 heavy (non-hydrogen) atoms. The Morgan fingerprint density at radius 1 is 1.12 bits per heavy atom. The van der Waals surface area contributed by atoms with Crippen LogP contribution in [-0.4, -0.2) is 37.1 Å². The molecule has 5 heteroatoms. The van der Waals surface area contributed by atoms with Crippen molar-refractivity contribution in [3.63, 3.8) is 0 Å². The molecule has 1 fully saturated rings. The van der Waals surface area contributed by atoms with Crippen LogP contribution in [0.5, 0.6) is 0 Å². The average molecular weight is 353 g/mol. The number of morpholine rings is 1. The molecule has 138 valence electrons. The molecule has 0 aliphatic carbocycles. The number of rotatable bonds is 6. The highest BCUT2D eigenvalue weighted by Crippen LogP contribution is 2.18. The molecule has 1 unspecified atom stereocenters. The van der Waals surface area contributed by atoms with Gasteiger partial charge in [-0.3, -0.25) is 9.69 Å². The van der Waals surface area contributed by atoms with E-state index in [0.29, 0.717) is 6.54 Å². The summed E-state index contributed by atoms with van der Waals surface area (Å²) in [6, 6.07) is 17.8. The topological polar surface area (TPSA) is 67.6 Å². The van der Waals surface area contributed by atoms with E-state index in [1.54, 1.807) is 6.92 Å². The van der Waals surface area contributed by atoms with Gasteiger partial charge in [-0.1, -0.05) is 54.6 Å². The Morgan fingerprint density at radius 2 is 1.81 bits per heavy atom. The van der Waals surface area contributed by atoms with E-state index in [4.69, 9.17) is 10.5 Å². The van der Waals surface area contributed by atoms with Crippen molar-refractivity contribution in [2.24, 2.45) is 5.73 Å². The molecule has 2 aromatic rings. The molecule has 1 amide bonds. The van der Waals surface area contributed by atoms with Gasteiger partial charge in [-0.25, -0.2) is 0 Å². The first-order valence-corrected chi connectivity index (χ1v) is 9.06. The van der Waals surface area contributed by atoms with Gasteiger partial charge in [0.15, 0.2) is 0 Å². The van der Waals surface area contributed by atoms with Crippen molar-refractivity contribution < 1.29 is 9.53 Å². The van der Waals surface area contributed by atoms with E-state index in [2.05, 4.69) is 22.3 Å². The number of hydrogen-bond donors (Lipinski definition) is 2. The Labute approximate surface area is 155 Å². The summed E-state index contributed by atoms with van der Waals surface area (Å²) in [6.45, 7) is 6.63. The van der Waals surface area contributed by atoms with Gasteiger partial charge >= 0.3 is 0 Å². The highest BCUT2D eigenvalue weighted by Gasteiger charge is 2.29. The summed E-state index contributed by atoms with van der Waals surface area (Å²) in [4.78, 5) is 15.0. The van der Waals surface area contributed by atoms with Crippen LogP contribution in [0.2, 0.25) is 0 Å². The Kier molecular flexibility index (Phi) is 6.04. The van der Waals surface area contributed by atoms with Gasteiger partial charge in [-0.2, -0.15) is 0 Å². The van der Waals surface area contributed by atoms with Gasteiger partial charge in [0.2, 0.25) is 5.91 Å². The molecule has 3 N–H and O–H groups in total. The molecule has 3 rings (SSSR count). The molecule has 1 saturated heterocycles. The van der Waals surface area contributed by atoms with Crippen LogP contribution in [0.15, 0.2) is 54.6 Å². The number of nitrogens with one attached hydrogen (secondary N) is 1. The first kappa shape index (κ1) is 18.6. The van der Waals surface area contributed by atoms with E-state index in [0.717, 1.165) is 44.0 Å². The van der Waals surface area contributed by atoms with Gasteiger partial charge in [-0.05, 0) is 23.6 Å². The molecule has 5 nitrogen and oxygen atoms in total. The lowest BCUT2D eigenvalue weighted by molar-refractivity contribution is -0.126. The summed E-state index contributed by atoms with van der Waals surface area (Å²) in [7, 11) is 0. The van der Waals surface area contributed by atoms with Crippen LogP contribution in [-0.2, 0) is 28.2 Å². The van der Waals surface area contributed by atoms with Crippen LogP contribution in [0.4, 0.5) is 0 Å². The lowest BCUT2D eigenvalue weighted by Crippen LogP contribution is -2.48. The van der Waals surface area contributed by atoms with Crippen molar-refractivity contribution >= 4 is 5.91 Å². The van der Waals surface area contributed by atoms with Gasteiger partial charge in [0, 0.05) is 26.2 Å². The SMILES string of the molecule is CC(N)(C(=O)NCc1cccc(CN2CCOCC2)c1)c1ccccc1. The monoisotopic (exact) mass is 353 g/mol. The summed E-state index contributed by atoms with van der Waals surface area (Å²) in [6.07, 6.45) is 0. The van der Waals surface area contributed by atoms with Crippen molar-refractivity contribution in [2.75, 3.05) is 26.3 Å². The maximum absolute atomic E-state index is 12.6. The van der Waals surface area contributed by atoms with Crippen molar-refractivity contribution in [3.05, 3.63) is 71.3 Å². The van der Waals surface area contributed by atoms with E-state index in [-0.39, 0.29) is 5.91 Å². The molecule has 2 aromatic carbocycles. The van der Waals surface area contributed by atoms with Crippen LogP contribution in [0.1, 0.15) is 23.6 Å². The second kappa shape index (κ2) is 8.45. The van der Waals surface area contributed by atoms with E-state index >= 15 is 0 Å². The zero-order chi connectivity index (χ0) is 18.4. The minimum absolute atomic E-state index is 0.178. The highest BCUT2D eigenvalue weighted by molar-refractivity contribution is 5.86. The Morgan fingerprint density at radius 3 is 2.54 bits per heavy atom. The third-order valence-corrected chi connectivity index (χ3v) is 4.80. The lowest BCUT2D eigenvalue weighted by atomic mass is 9.92. The normalized spacial score (nSPS) is 17.5. The molecule has 1 atom stereocenters. The number of carbonyl (C=O) groups excluding carboxylic acids is 1. The number of nitrogens with zero attached hydrogens (tertiary/aromatic N) is 1. The van der Waals surface area contributed by atoms with Crippen molar-refractivity contribution in [2.45, 2.75) is 25.6 Å². The van der Waals surface area contributed by atoms with Gasteiger partial charge in [0.05, 0.1) is 13.2 Å². The zero-order valence-electron chi connectivity index (χ0n) is 15.3. The molecule has 0 aromatic heterocycles. The Bertz CT molecular complexity index is 725. The molecule has 0 radical (unpaired) electrons. The number of ether oxygens (including phenoxy) is 1. The summed E-state index contributed by atoms with van der Waals surface area (Å²) in [5, 5.41) is 2.97. The summed E-state index contributed by atoms with van der Waals surface area (Å²) in [5.41, 5.74) is 8.35. The first-order valence-electron chi connectivity index (χ1n) is 9.06. The fraction of sp³-hybridized carbons (Fsp3) is 0.381. The zero-order valence-corrected chi connectivity index (χ0v) is 15.3. The van der Waals surface area contributed by atoms with Crippen molar-refractivity contribution in [3.8, 4) is 0 Å². The van der Waals surface area contributed by atoms with Crippen molar-refractivity contribution in [1.29, 1.82) is 0 Å². The van der Waals surface area contributed by atoms with Gasteiger partial charge in [-0.15, -0.1) is 0 Å². The Hall–Kier alpha value is -2.21. The molecule has 1 aliphatic heterocycles. The number of benzene rings is 2. The molecule has 0 saturated carbocycles. The maximum atomic E-state index is 12.6. The van der Waals surface area contributed by atoms with Crippen LogP contribution in [0.25, 0.3) is 0 Å². The predicted octanol–water partition coefficient (Wildman–Crippen LogP) is 2.01. The number of carbonyl (C=O) groups is 1. The second-order valence-corrected chi connectivity index (χ2v) is 6.96. The third-order valence-electron chi connectivity index (χ3n) is 4.80. The van der Waals surface area contributed by atoms with Crippen LogP contribution < -0.4 is 11.1 Å². The summed E-state index contributed by atoms with van der Waals surface area (Å²) in [5.74, 6) is -0.178. The van der Waals surface area contributed by atoms with Gasteiger partial charge in [0.25, 0.3) is 0 Å². The van der Waals surface area contributed by atoms with Crippen LogP contribution in [0, 0.1) is 0 Å². The van der Waals surface area contributed by atoms with Crippen molar-refractivity contribution in [1.82, 2.24) is 10.2 Å². The minimum atomic E-state index is -1.05. The number of nitrogens with two attached hydrogens (primary N) is 1. The van der Waals surface area contributed by atoms with Crippen LogP contribution >= 0.6 is 0 Å². The van der Waals surface area contributed by atoms with E-state index < -0.39 is 5.54 Å². The molecular weight excluding hydrogens is 326 g/mol. The Balaban J connectivity index is 1.59. The minimum Gasteiger partial charge on any atom is -0.379 e. The standard InChI is InChI=1S/C21H27N3O2/c1-21(22,19-8-3-2-4-9-19)20(25)23-15-17-6-5-7-18(14-17)16-24-10-12-26-13-11-24/h2-9,14H,10-13,15-16,22H2,1H3,(H,23,25). The molecule has 0 bridgehead atoms. The van der Waals surface area contributed by atoms with E-state index in [1.807, 2.05) is 42.5 Å². The van der Waals surface area contributed by atoms with Crippen LogP contribution in [0.3, 0.4) is 0 Å². The number of hydrogen-bond acceptors (Lipinski definition) is 4. The molecule has 0 spiro atoms. The largest absolute Gasteiger partial charge is 0.379 e. The van der Waals surface area contributed by atoms with Gasteiger partial charge in [0.1, 0.15) is 5.54 Å². The molecular formula is C21H27N3O2. The average Bonchev–Trinajstić information content (AvgIpc) is 2.68. The van der Waals surface area contributed by atoms with E-state index in [9.17, 15) is 4.79 Å². The third kappa shape index (κ3) is 4.69. The lowest BCUT2D eigenvalue weighted by Gasteiger charge is -2.26. The number of amides is 1.